The van der Waals surface area contributed by atoms with E-state index in [9.17, 15) is 20.1 Å². The molecule has 0 aromatic carbocycles. The minimum absolute atomic E-state index is 0.000103. The highest BCUT2D eigenvalue weighted by Gasteiger charge is 2.44. The van der Waals surface area contributed by atoms with Crippen molar-refractivity contribution >= 4 is 11.7 Å². The van der Waals surface area contributed by atoms with Gasteiger partial charge < -0.3 is 31.1 Å². The van der Waals surface area contributed by atoms with Crippen LogP contribution in [0.25, 0.3) is 0 Å². The van der Waals surface area contributed by atoms with E-state index >= 15 is 0 Å². The fourth-order valence-electron chi connectivity index (χ4n) is 1.69. The second-order valence-corrected chi connectivity index (χ2v) is 4.30. The highest BCUT2D eigenvalue weighted by Crippen LogP contribution is 2.22. The van der Waals surface area contributed by atoms with E-state index in [0.717, 1.165) is 0 Å². The number of nitrogens with one attached hydrogen (secondary N) is 1. The molecule has 108 valence electrons. The lowest BCUT2D eigenvalue weighted by Crippen LogP contribution is -2.39. The van der Waals surface area contributed by atoms with Crippen molar-refractivity contribution in [1.82, 2.24) is 5.32 Å². The fraction of sp³-hybridized carbons (Fsp3) is 0.636. The molecule has 0 unspecified atom stereocenters. The summed E-state index contributed by atoms with van der Waals surface area (Å²) in [6.45, 7) is 2.72. The molecule has 6 N–H and O–H groups in total. The SMILES string of the molecule is CC(=O)/N=C(N)\C=C/N[C@@H]1O[C@H]([C@H](C)O)[C@@H](O)[C@H]1O. The zero-order chi connectivity index (χ0) is 14.6. The van der Waals surface area contributed by atoms with Crippen molar-refractivity contribution in [2.24, 2.45) is 10.7 Å². The van der Waals surface area contributed by atoms with Gasteiger partial charge in [-0.3, -0.25) is 4.79 Å². The van der Waals surface area contributed by atoms with Crippen molar-refractivity contribution in [3.63, 3.8) is 0 Å². The van der Waals surface area contributed by atoms with E-state index in [1.54, 1.807) is 0 Å². The Balaban J connectivity index is 2.55. The summed E-state index contributed by atoms with van der Waals surface area (Å²) in [4.78, 5) is 14.1. The third-order valence-corrected chi connectivity index (χ3v) is 2.58. The number of nitrogens with zero attached hydrogens (tertiary/aromatic N) is 1. The monoisotopic (exact) mass is 273 g/mol. The molecule has 1 amide bonds. The van der Waals surface area contributed by atoms with Gasteiger partial charge in [-0.1, -0.05) is 0 Å². The first-order valence-electron chi connectivity index (χ1n) is 5.80. The van der Waals surface area contributed by atoms with Gasteiger partial charge in [0.25, 0.3) is 0 Å². The van der Waals surface area contributed by atoms with Gasteiger partial charge in [0.15, 0.2) is 6.23 Å². The molecule has 0 aromatic heterocycles. The summed E-state index contributed by atoms with van der Waals surface area (Å²) in [5.41, 5.74) is 5.41. The number of aliphatic hydroxyl groups excluding tert-OH is 3. The summed E-state index contributed by atoms with van der Waals surface area (Å²) < 4.78 is 5.25. The number of hydrogen-bond acceptors (Lipinski definition) is 6. The third-order valence-electron chi connectivity index (χ3n) is 2.58. The molecule has 8 nitrogen and oxygen atoms in total. The molecule has 0 bridgehead atoms. The number of carbonyl (C=O) groups excluding carboxylic acids is 1. The minimum Gasteiger partial charge on any atom is -0.391 e. The maximum Gasteiger partial charge on any atom is 0.244 e. The van der Waals surface area contributed by atoms with Crippen LogP contribution in [0, 0.1) is 0 Å². The summed E-state index contributed by atoms with van der Waals surface area (Å²) in [7, 11) is 0. The number of carbonyl (C=O) groups is 1. The van der Waals surface area contributed by atoms with Crippen molar-refractivity contribution in [3.05, 3.63) is 12.3 Å². The number of hydrogen-bond donors (Lipinski definition) is 5. The van der Waals surface area contributed by atoms with E-state index < -0.39 is 36.6 Å². The average molecular weight is 273 g/mol. The second kappa shape index (κ2) is 6.62. The molecule has 0 spiro atoms. The molecule has 0 aliphatic carbocycles. The number of aliphatic hydroxyl groups is 3. The molecule has 1 aliphatic heterocycles. The Morgan fingerprint density at radius 1 is 1.47 bits per heavy atom. The van der Waals surface area contributed by atoms with Crippen molar-refractivity contribution in [2.45, 2.75) is 44.5 Å². The first-order chi connectivity index (χ1) is 8.82. The highest BCUT2D eigenvalue weighted by atomic mass is 16.6. The Morgan fingerprint density at radius 2 is 2.11 bits per heavy atom. The van der Waals surface area contributed by atoms with E-state index in [4.69, 9.17) is 10.5 Å². The summed E-state index contributed by atoms with van der Waals surface area (Å²) in [6.07, 6.45) is -2.37. The van der Waals surface area contributed by atoms with Crippen LogP contribution in [-0.4, -0.2) is 57.7 Å². The molecule has 1 fully saturated rings. The van der Waals surface area contributed by atoms with Crippen LogP contribution in [0.4, 0.5) is 0 Å². The van der Waals surface area contributed by atoms with Crippen LogP contribution in [-0.2, 0) is 9.53 Å². The van der Waals surface area contributed by atoms with Gasteiger partial charge in [0.05, 0.1) is 6.10 Å². The summed E-state index contributed by atoms with van der Waals surface area (Å²) >= 11 is 0. The second-order valence-electron chi connectivity index (χ2n) is 4.30. The van der Waals surface area contributed by atoms with Crippen LogP contribution in [0.15, 0.2) is 17.3 Å². The normalized spacial score (nSPS) is 33.6. The Bertz CT molecular complexity index is 383. The molecule has 0 radical (unpaired) electrons. The van der Waals surface area contributed by atoms with Crippen LogP contribution >= 0.6 is 0 Å². The molecule has 1 rings (SSSR count). The van der Waals surface area contributed by atoms with Crippen molar-refractivity contribution in [2.75, 3.05) is 0 Å². The maximum atomic E-state index is 10.6. The lowest BCUT2D eigenvalue weighted by atomic mass is 10.1. The predicted molar refractivity (Wildman–Crippen MR) is 66.9 cm³/mol. The Labute approximate surface area is 110 Å². The molecule has 1 heterocycles. The first-order valence-corrected chi connectivity index (χ1v) is 5.80. The van der Waals surface area contributed by atoms with Gasteiger partial charge in [-0.05, 0) is 13.0 Å². The van der Waals surface area contributed by atoms with Gasteiger partial charge in [-0.25, -0.2) is 0 Å². The number of aliphatic imine (C=N–C) groups is 1. The fourth-order valence-corrected chi connectivity index (χ4v) is 1.69. The molecular formula is C11H19N3O5. The Kier molecular flexibility index (Phi) is 5.43. The predicted octanol–water partition coefficient (Wildman–Crippen LogP) is -2.18. The van der Waals surface area contributed by atoms with E-state index in [2.05, 4.69) is 10.3 Å². The van der Waals surface area contributed by atoms with Crippen LogP contribution in [0.2, 0.25) is 0 Å². The molecule has 1 saturated heterocycles. The number of nitrogens with two attached hydrogens (primary N) is 1. The van der Waals surface area contributed by atoms with Gasteiger partial charge >= 0.3 is 0 Å². The lowest BCUT2D eigenvalue weighted by Gasteiger charge is -2.16. The van der Waals surface area contributed by atoms with Crippen molar-refractivity contribution < 1.29 is 24.9 Å². The number of amidine groups is 1. The van der Waals surface area contributed by atoms with Crippen molar-refractivity contribution in [3.8, 4) is 0 Å². The van der Waals surface area contributed by atoms with Gasteiger partial charge in [-0.15, -0.1) is 0 Å². The van der Waals surface area contributed by atoms with E-state index in [1.165, 1.54) is 26.1 Å². The van der Waals surface area contributed by atoms with Crippen LogP contribution in [0.3, 0.4) is 0 Å². The topological polar surface area (TPSA) is 137 Å². The van der Waals surface area contributed by atoms with Crippen LogP contribution < -0.4 is 11.1 Å². The van der Waals surface area contributed by atoms with Crippen LogP contribution in [0.1, 0.15) is 13.8 Å². The zero-order valence-corrected chi connectivity index (χ0v) is 10.7. The van der Waals surface area contributed by atoms with Gasteiger partial charge in [-0.2, -0.15) is 4.99 Å². The lowest BCUT2D eigenvalue weighted by molar-refractivity contribution is -0.115. The Morgan fingerprint density at radius 3 is 2.58 bits per heavy atom. The first kappa shape index (κ1) is 15.6. The standard InChI is InChI=1S/C11H19N3O5/c1-5(15)10-8(17)9(18)11(19-10)13-4-3-7(12)14-6(2)16/h3-5,8-11,13,15,17-18H,1-2H3,(H2,12,14,16)/b4-3-/t5-,8-,9+,10+,11+/m0/s1. The van der Waals surface area contributed by atoms with E-state index in [1.807, 2.05) is 0 Å². The molecular weight excluding hydrogens is 254 g/mol. The molecule has 1 aliphatic rings. The number of ether oxygens (including phenoxy) is 1. The minimum atomic E-state index is -1.19. The average Bonchev–Trinajstić information content (AvgIpc) is 2.56. The molecule has 5 atom stereocenters. The van der Waals surface area contributed by atoms with Crippen molar-refractivity contribution in [1.29, 1.82) is 0 Å². The summed E-state index contributed by atoms with van der Waals surface area (Å²) in [6, 6.07) is 0. The Hall–Kier alpha value is -1.48. The number of rotatable bonds is 4. The van der Waals surface area contributed by atoms with Gasteiger partial charge in [0.1, 0.15) is 24.1 Å². The number of amides is 1. The van der Waals surface area contributed by atoms with E-state index in [0.29, 0.717) is 0 Å². The molecule has 19 heavy (non-hydrogen) atoms. The van der Waals surface area contributed by atoms with Crippen LogP contribution in [0.5, 0.6) is 0 Å². The third kappa shape index (κ3) is 4.28. The van der Waals surface area contributed by atoms with Gasteiger partial charge in [0, 0.05) is 13.1 Å². The maximum absolute atomic E-state index is 10.6. The summed E-state index contributed by atoms with van der Waals surface area (Å²) in [5, 5.41) is 31.3. The molecule has 0 saturated carbocycles. The summed E-state index contributed by atoms with van der Waals surface area (Å²) in [5.74, 6) is -0.427. The molecule has 8 heteroatoms. The molecule has 0 aromatic rings. The zero-order valence-electron chi connectivity index (χ0n) is 10.7. The quantitative estimate of drug-likeness (QED) is 0.290. The smallest absolute Gasteiger partial charge is 0.244 e. The highest BCUT2D eigenvalue weighted by molar-refractivity contribution is 5.99. The van der Waals surface area contributed by atoms with E-state index in [-0.39, 0.29) is 5.84 Å². The van der Waals surface area contributed by atoms with Gasteiger partial charge in [0.2, 0.25) is 5.91 Å². The largest absolute Gasteiger partial charge is 0.391 e.